The molecule has 1 aromatic heterocycles. The maximum atomic E-state index is 10.4. The minimum atomic E-state index is -0.727. The Morgan fingerprint density at radius 3 is 2.80 bits per heavy atom. The highest BCUT2D eigenvalue weighted by molar-refractivity contribution is 5.66. The molecule has 1 rings (SSSR count). The molecule has 0 saturated heterocycles. The van der Waals surface area contributed by atoms with Crippen LogP contribution in [0.2, 0.25) is 0 Å². The molecule has 0 fully saturated rings. The molecule has 0 aliphatic carbocycles. The zero-order valence-corrected chi connectivity index (χ0v) is 12.7. The van der Waals surface area contributed by atoms with Gasteiger partial charge in [-0.25, -0.2) is 0 Å². The van der Waals surface area contributed by atoms with E-state index in [1.54, 1.807) is 0 Å². The third-order valence-electron chi connectivity index (χ3n) is 3.65. The number of hydrogen-bond donors (Lipinski definition) is 1. The molecule has 20 heavy (non-hydrogen) atoms. The second-order valence-corrected chi connectivity index (χ2v) is 5.45. The fourth-order valence-electron chi connectivity index (χ4n) is 2.31. The van der Waals surface area contributed by atoms with Crippen LogP contribution >= 0.6 is 0 Å². The van der Waals surface area contributed by atoms with E-state index >= 15 is 0 Å². The lowest BCUT2D eigenvalue weighted by atomic mass is 9.99. The van der Waals surface area contributed by atoms with E-state index in [0.29, 0.717) is 12.3 Å². The van der Waals surface area contributed by atoms with E-state index in [4.69, 9.17) is 5.11 Å². The molecule has 0 aliphatic rings. The van der Waals surface area contributed by atoms with Gasteiger partial charge in [0.15, 0.2) is 0 Å². The van der Waals surface area contributed by atoms with E-state index in [1.165, 1.54) is 25.7 Å². The van der Waals surface area contributed by atoms with Crippen LogP contribution in [0.25, 0.3) is 0 Å². The van der Waals surface area contributed by atoms with Crippen molar-refractivity contribution in [3.05, 3.63) is 11.9 Å². The lowest BCUT2D eigenvalue weighted by molar-refractivity contribution is -0.137. The summed E-state index contributed by atoms with van der Waals surface area (Å²) in [5.74, 6) is -0.0492. The number of aliphatic carboxylic acids is 1. The van der Waals surface area contributed by atoms with Crippen LogP contribution in [0.15, 0.2) is 6.20 Å². The predicted molar refractivity (Wildman–Crippen MR) is 78.5 cm³/mol. The zero-order chi connectivity index (χ0) is 14.8. The first-order chi connectivity index (χ1) is 9.65. The van der Waals surface area contributed by atoms with Crippen LogP contribution in [0, 0.1) is 5.92 Å². The van der Waals surface area contributed by atoms with Gasteiger partial charge in [-0.2, -0.15) is 0 Å². The van der Waals surface area contributed by atoms with E-state index < -0.39 is 5.97 Å². The molecule has 0 bridgehead atoms. The Hall–Kier alpha value is -1.39. The monoisotopic (exact) mass is 281 g/mol. The Labute approximate surface area is 121 Å². The molecule has 0 spiro atoms. The molecule has 1 N–H and O–H groups in total. The van der Waals surface area contributed by atoms with Crippen LogP contribution in [-0.2, 0) is 17.8 Å². The van der Waals surface area contributed by atoms with E-state index in [2.05, 4.69) is 24.2 Å². The first-order valence-electron chi connectivity index (χ1n) is 7.76. The molecule has 1 unspecified atom stereocenters. The summed E-state index contributed by atoms with van der Waals surface area (Å²) in [7, 11) is 0. The van der Waals surface area contributed by atoms with Crippen molar-refractivity contribution in [1.82, 2.24) is 15.0 Å². The quantitative estimate of drug-likeness (QED) is 0.632. The number of aromatic nitrogens is 3. The van der Waals surface area contributed by atoms with Crippen LogP contribution < -0.4 is 0 Å². The molecule has 5 heteroatoms. The molecule has 1 aromatic rings. The minimum absolute atomic E-state index is 0.239. The van der Waals surface area contributed by atoms with Crippen molar-refractivity contribution in [2.75, 3.05) is 0 Å². The van der Waals surface area contributed by atoms with E-state index in [9.17, 15) is 4.79 Å². The number of carbonyl (C=O) groups is 1. The average Bonchev–Trinajstić information content (AvgIpc) is 2.87. The Kier molecular flexibility index (Phi) is 7.92. The smallest absolute Gasteiger partial charge is 0.303 e. The molecule has 0 radical (unpaired) electrons. The van der Waals surface area contributed by atoms with Crippen molar-refractivity contribution >= 4 is 5.97 Å². The van der Waals surface area contributed by atoms with Gasteiger partial charge in [-0.05, 0) is 31.6 Å². The van der Waals surface area contributed by atoms with Gasteiger partial charge in [0.05, 0.1) is 5.69 Å². The number of carboxylic acid groups (broad SMARTS) is 1. The summed E-state index contributed by atoms with van der Waals surface area (Å²) in [5.41, 5.74) is 0.973. The summed E-state index contributed by atoms with van der Waals surface area (Å²) in [4.78, 5) is 10.4. The van der Waals surface area contributed by atoms with E-state index in [0.717, 1.165) is 25.1 Å². The lowest BCUT2D eigenvalue weighted by Gasteiger charge is -2.13. The largest absolute Gasteiger partial charge is 0.481 e. The standard InChI is InChI=1S/C15H27N3O2/c1-3-5-8-13(4-2)11-18-12-14(16-17-18)9-6-7-10-15(19)20/h12-13H,3-11H2,1-2H3,(H,19,20). The SMILES string of the molecule is CCCCC(CC)Cn1cc(CCCCC(=O)O)nn1. The zero-order valence-electron chi connectivity index (χ0n) is 12.7. The highest BCUT2D eigenvalue weighted by Gasteiger charge is 2.09. The first kappa shape index (κ1) is 16.7. The van der Waals surface area contributed by atoms with Crippen LogP contribution in [0.3, 0.4) is 0 Å². The van der Waals surface area contributed by atoms with E-state index in [-0.39, 0.29) is 6.42 Å². The van der Waals surface area contributed by atoms with Crippen LogP contribution in [0.1, 0.15) is 64.5 Å². The van der Waals surface area contributed by atoms with Gasteiger partial charge in [0.2, 0.25) is 0 Å². The van der Waals surface area contributed by atoms with Gasteiger partial charge in [-0.1, -0.05) is 38.3 Å². The van der Waals surface area contributed by atoms with Gasteiger partial charge in [-0.3, -0.25) is 9.48 Å². The Morgan fingerprint density at radius 1 is 1.35 bits per heavy atom. The molecule has 0 saturated carbocycles. The molecule has 1 atom stereocenters. The summed E-state index contributed by atoms with van der Waals surface area (Å²) in [5, 5.41) is 16.9. The van der Waals surface area contributed by atoms with Gasteiger partial charge in [-0.15, -0.1) is 5.10 Å². The summed E-state index contributed by atoms with van der Waals surface area (Å²) >= 11 is 0. The van der Waals surface area contributed by atoms with Gasteiger partial charge in [0.1, 0.15) is 0 Å². The van der Waals surface area contributed by atoms with Crippen molar-refractivity contribution in [3.63, 3.8) is 0 Å². The first-order valence-corrected chi connectivity index (χ1v) is 7.76. The molecule has 1 heterocycles. The molecule has 0 amide bonds. The Morgan fingerprint density at radius 2 is 2.15 bits per heavy atom. The van der Waals surface area contributed by atoms with Crippen molar-refractivity contribution in [3.8, 4) is 0 Å². The maximum Gasteiger partial charge on any atom is 0.303 e. The summed E-state index contributed by atoms with van der Waals surface area (Å²) in [6, 6.07) is 0. The lowest BCUT2D eigenvalue weighted by Crippen LogP contribution is -2.10. The van der Waals surface area contributed by atoms with Crippen molar-refractivity contribution < 1.29 is 9.90 Å². The Bertz CT molecular complexity index is 390. The summed E-state index contributed by atoms with van der Waals surface area (Å²) < 4.78 is 1.94. The van der Waals surface area contributed by atoms with Gasteiger partial charge >= 0.3 is 5.97 Å². The number of hydrogen-bond acceptors (Lipinski definition) is 3. The molecule has 0 aromatic carbocycles. The van der Waals surface area contributed by atoms with Crippen molar-refractivity contribution in [2.24, 2.45) is 5.92 Å². The molecule has 114 valence electrons. The third-order valence-corrected chi connectivity index (χ3v) is 3.65. The molecular weight excluding hydrogens is 254 g/mol. The molecular formula is C15H27N3O2. The van der Waals surface area contributed by atoms with Crippen LogP contribution in [0.4, 0.5) is 0 Å². The van der Waals surface area contributed by atoms with Gasteiger partial charge in [0, 0.05) is 19.2 Å². The summed E-state index contributed by atoms with van der Waals surface area (Å²) in [6.07, 6.45) is 9.57. The van der Waals surface area contributed by atoms with Gasteiger partial charge < -0.3 is 5.11 Å². The highest BCUT2D eigenvalue weighted by Crippen LogP contribution is 2.15. The molecule has 5 nitrogen and oxygen atoms in total. The average molecular weight is 281 g/mol. The number of aryl methyl sites for hydroxylation is 1. The van der Waals surface area contributed by atoms with E-state index in [1.807, 2.05) is 10.9 Å². The normalized spacial score (nSPS) is 12.5. The Balaban J connectivity index is 2.32. The second kappa shape index (κ2) is 9.50. The van der Waals surface area contributed by atoms with Crippen molar-refractivity contribution in [1.29, 1.82) is 0 Å². The number of unbranched alkanes of at least 4 members (excludes halogenated alkanes) is 2. The van der Waals surface area contributed by atoms with Crippen molar-refractivity contribution in [2.45, 2.75) is 71.8 Å². The number of carboxylic acids is 1. The van der Waals surface area contributed by atoms with Crippen LogP contribution in [0.5, 0.6) is 0 Å². The van der Waals surface area contributed by atoms with Gasteiger partial charge in [0.25, 0.3) is 0 Å². The maximum absolute atomic E-state index is 10.4. The molecule has 0 aliphatic heterocycles. The topological polar surface area (TPSA) is 68.0 Å². The third kappa shape index (κ3) is 6.68. The fraction of sp³-hybridized carbons (Fsp3) is 0.800. The fourth-order valence-corrected chi connectivity index (χ4v) is 2.31. The highest BCUT2D eigenvalue weighted by atomic mass is 16.4. The van der Waals surface area contributed by atoms with Crippen LogP contribution in [-0.4, -0.2) is 26.1 Å². The number of nitrogens with zero attached hydrogens (tertiary/aromatic N) is 3. The minimum Gasteiger partial charge on any atom is -0.481 e. The second-order valence-electron chi connectivity index (χ2n) is 5.45. The summed E-state index contributed by atoms with van der Waals surface area (Å²) in [6.45, 7) is 5.39. The predicted octanol–water partition coefficient (Wildman–Crippen LogP) is 3.29. The number of rotatable bonds is 11.